The van der Waals surface area contributed by atoms with E-state index in [0.29, 0.717) is 5.92 Å². The van der Waals surface area contributed by atoms with Crippen molar-refractivity contribution in [2.75, 3.05) is 0 Å². The first-order valence-corrected chi connectivity index (χ1v) is 27.9. The van der Waals surface area contributed by atoms with Gasteiger partial charge in [-0.2, -0.15) is 0 Å². The molecule has 0 spiro atoms. The topological polar surface area (TPSA) is 25.8 Å². The van der Waals surface area contributed by atoms with Gasteiger partial charge in [-0.1, -0.05) is 31.8 Å². The molecule has 5 aromatic carbocycles. The molecule has 0 saturated heterocycles. The molecular formula is C44H46GeIrN2Si-2. The third-order valence-electron chi connectivity index (χ3n) is 8.99. The smallest absolute Gasteiger partial charge is 0.0160 e. The summed E-state index contributed by atoms with van der Waals surface area (Å²) >= 11 is -2.01. The van der Waals surface area contributed by atoms with E-state index in [4.69, 9.17) is 4.98 Å². The predicted molar refractivity (Wildman–Crippen MR) is 214 cm³/mol. The maximum absolute atomic E-state index is 4.99. The summed E-state index contributed by atoms with van der Waals surface area (Å²) < 4.78 is 1.53. The first-order valence-electron chi connectivity index (χ1n) is 17.1. The van der Waals surface area contributed by atoms with Gasteiger partial charge in [0.2, 0.25) is 0 Å². The molecule has 0 unspecified atom stereocenters. The fourth-order valence-corrected chi connectivity index (χ4v) is 11.0. The van der Waals surface area contributed by atoms with Crippen LogP contribution in [0, 0.1) is 18.1 Å². The second-order valence-corrected chi connectivity index (χ2v) is 30.9. The van der Waals surface area contributed by atoms with Gasteiger partial charge in [0.05, 0.1) is 8.07 Å². The molecule has 1 radical (unpaired) electrons. The molecule has 2 nitrogen and oxygen atoms in total. The Kier molecular flexibility index (Phi) is 11.5. The number of rotatable bonds is 6. The fourth-order valence-electron chi connectivity index (χ4n) is 6.51. The molecule has 0 fully saturated rings. The quantitative estimate of drug-likeness (QED) is 0.0944. The molecule has 0 atom stereocenters. The third-order valence-corrected chi connectivity index (χ3v) is 15.4. The van der Waals surface area contributed by atoms with E-state index >= 15 is 0 Å². The number of pyridine rings is 2. The zero-order valence-corrected chi connectivity index (χ0v) is 35.5. The van der Waals surface area contributed by atoms with Crippen molar-refractivity contribution in [3.05, 3.63) is 133 Å². The van der Waals surface area contributed by atoms with E-state index in [1.54, 1.807) is 6.20 Å². The molecule has 5 heteroatoms. The fraction of sp³-hybridized carbons (Fsp3) is 0.227. The van der Waals surface area contributed by atoms with Crippen molar-refractivity contribution in [2.24, 2.45) is 5.92 Å². The molecule has 2 aromatic heterocycles. The molecule has 0 N–H and O–H groups in total. The van der Waals surface area contributed by atoms with E-state index in [1.807, 2.05) is 42.5 Å². The van der Waals surface area contributed by atoms with Gasteiger partial charge in [-0.05, 0) is 11.8 Å². The average Bonchev–Trinajstić information content (AvgIpc) is 3.08. The van der Waals surface area contributed by atoms with Crippen molar-refractivity contribution in [2.45, 2.75) is 57.2 Å². The van der Waals surface area contributed by atoms with Gasteiger partial charge in [0.15, 0.2) is 0 Å². The molecular weight excluding hydrogens is 849 g/mol. The minimum absolute atomic E-state index is 0. The second-order valence-electron chi connectivity index (χ2n) is 15.3. The second kappa shape index (κ2) is 15.2. The summed E-state index contributed by atoms with van der Waals surface area (Å²) in [7, 11) is -1.41. The zero-order chi connectivity index (χ0) is 34.1. The standard InChI is InChI=1S/C33H38GeNSi.C11H8N.Ir/c1-22(2)17-24-19-33(35-21-32(24)34(3,4)5)23-13-15-28-29-16-14-25(36(6,7)8)20-31(29)27-12-10-9-11-26(27)30(28)18-23;1-2-6-10(7-3-1)11-8-4-5-9-12-11;/h9-12,14-16,18-22H,17H2,1-8H3;1-6,8-9H;/q2*-1;. The van der Waals surface area contributed by atoms with Gasteiger partial charge in [-0.3, -0.25) is 0 Å². The molecule has 49 heavy (non-hydrogen) atoms. The molecule has 7 aromatic rings. The van der Waals surface area contributed by atoms with E-state index in [1.165, 1.54) is 47.5 Å². The van der Waals surface area contributed by atoms with Crippen LogP contribution in [-0.4, -0.2) is 31.3 Å². The predicted octanol–water partition coefficient (Wildman–Crippen LogP) is 10.8. The number of nitrogens with zero attached hydrogens (tertiary/aromatic N) is 2. The van der Waals surface area contributed by atoms with Crippen molar-refractivity contribution < 1.29 is 20.1 Å². The number of hydrogen-bond acceptors (Lipinski definition) is 2. The van der Waals surface area contributed by atoms with Crippen LogP contribution in [0.1, 0.15) is 19.4 Å². The first kappa shape index (κ1) is 36.9. The average molecular weight is 896 g/mol. The van der Waals surface area contributed by atoms with Crippen LogP contribution in [0.2, 0.25) is 36.9 Å². The normalized spacial score (nSPS) is 11.8. The summed E-state index contributed by atoms with van der Waals surface area (Å²) in [6.07, 6.45) is 5.08. The van der Waals surface area contributed by atoms with Crippen LogP contribution in [0.3, 0.4) is 0 Å². The maximum Gasteiger partial charge on any atom is 0.0160 e. The van der Waals surface area contributed by atoms with Gasteiger partial charge in [0, 0.05) is 26.3 Å². The van der Waals surface area contributed by atoms with Crippen molar-refractivity contribution in [3.8, 4) is 22.5 Å². The van der Waals surface area contributed by atoms with Crippen molar-refractivity contribution >= 4 is 63.2 Å². The monoisotopic (exact) mass is 897 g/mol. The minimum atomic E-state index is -2.01. The third kappa shape index (κ3) is 8.32. The molecule has 0 amide bonds. The summed E-state index contributed by atoms with van der Waals surface area (Å²) in [5, 5.41) is 9.39. The molecule has 7 rings (SSSR count). The Hall–Kier alpha value is -3.41. The Morgan fingerprint density at radius 3 is 1.94 bits per heavy atom. The molecule has 0 aliphatic heterocycles. The van der Waals surface area contributed by atoms with E-state index in [0.717, 1.165) is 28.9 Å². The van der Waals surface area contributed by atoms with Crippen LogP contribution in [0.25, 0.3) is 54.8 Å². The first-order chi connectivity index (χ1) is 22.9. The zero-order valence-electron chi connectivity index (χ0n) is 30.0. The molecule has 251 valence electrons. The number of aromatic nitrogens is 2. The largest absolute Gasteiger partial charge is 0.305 e. The summed E-state index contributed by atoms with van der Waals surface area (Å²) in [6, 6.07) is 43.4. The van der Waals surface area contributed by atoms with E-state index in [2.05, 4.69) is 135 Å². The van der Waals surface area contributed by atoms with Gasteiger partial charge >= 0.3 is 193 Å². The Morgan fingerprint density at radius 2 is 1.33 bits per heavy atom. The number of fused-ring (bicyclic) bond motifs is 6. The van der Waals surface area contributed by atoms with Gasteiger partial charge in [0.1, 0.15) is 0 Å². The van der Waals surface area contributed by atoms with Crippen LogP contribution in [0.5, 0.6) is 0 Å². The van der Waals surface area contributed by atoms with Crippen molar-refractivity contribution in [1.82, 2.24) is 9.97 Å². The molecule has 0 bridgehead atoms. The summed E-state index contributed by atoms with van der Waals surface area (Å²) in [6.45, 7) is 11.9. The number of benzene rings is 5. The van der Waals surface area contributed by atoms with Crippen LogP contribution < -0.4 is 9.58 Å². The molecule has 0 aliphatic carbocycles. The number of hydrogen-bond donors (Lipinski definition) is 0. The van der Waals surface area contributed by atoms with Gasteiger partial charge in [-0.15, -0.1) is 35.9 Å². The maximum atomic E-state index is 4.99. The van der Waals surface area contributed by atoms with E-state index < -0.39 is 21.3 Å². The van der Waals surface area contributed by atoms with Gasteiger partial charge < -0.3 is 4.98 Å². The van der Waals surface area contributed by atoms with Crippen LogP contribution in [0.15, 0.2) is 116 Å². The van der Waals surface area contributed by atoms with E-state index in [-0.39, 0.29) is 20.1 Å². The summed E-state index contributed by atoms with van der Waals surface area (Å²) in [5.74, 6) is 8.02. The van der Waals surface area contributed by atoms with Gasteiger partial charge in [-0.25, -0.2) is 0 Å². The summed E-state index contributed by atoms with van der Waals surface area (Å²) in [4.78, 5) is 9.21. The van der Waals surface area contributed by atoms with Crippen LogP contribution >= 0.6 is 0 Å². The Balaban J connectivity index is 0.000000303. The Labute approximate surface area is 310 Å². The van der Waals surface area contributed by atoms with Crippen LogP contribution in [0.4, 0.5) is 0 Å². The molecule has 2 heterocycles. The van der Waals surface area contributed by atoms with Crippen molar-refractivity contribution in [3.63, 3.8) is 0 Å². The molecule has 0 saturated carbocycles. The Bertz CT molecular complexity index is 2140. The summed E-state index contributed by atoms with van der Waals surface area (Å²) in [5.41, 5.74) is 5.62. The Morgan fingerprint density at radius 1 is 0.653 bits per heavy atom. The van der Waals surface area contributed by atoms with Crippen molar-refractivity contribution in [1.29, 1.82) is 0 Å². The van der Waals surface area contributed by atoms with Crippen LogP contribution in [-0.2, 0) is 26.5 Å². The minimum Gasteiger partial charge on any atom is -0.305 e. The molecule has 0 aliphatic rings. The van der Waals surface area contributed by atoms with E-state index in [9.17, 15) is 0 Å². The SMILES string of the molecule is CC(C)Cc1cc(-c2[c-]cc3c4ccc([Si](C)(C)C)cc4c4ccccc4c3c2)nc[c]1[Ge]([CH3])([CH3])[CH3].[Ir].[c-]1ccccc1-c1ccccn1. The van der Waals surface area contributed by atoms with Gasteiger partial charge in [0.25, 0.3) is 0 Å².